The van der Waals surface area contributed by atoms with Crippen molar-refractivity contribution in [1.82, 2.24) is 15.2 Å². The van der Waals surface area contributed by atoms with Crippen molar-refractivity contribution in [3.8, 4) is 0 Å². The first-order chi connectivity index (χ1) is 7.36. The van der Waals surface area contributed by atoms with E-state index in [1.807, 2.05) is 19.1 Å². The molecule has 0 amide bonds. The summed E-state index contributed by atoms with van der Waals surface area (Å²) >= 11 is 0. The fourth-order valence-electron chi connectivity index (χ4n) is 1.33. The van der Waals surface area contributed by atoms with Crippen LogP contribution in [0.2, 0.25) is 0 Å². The van der Waals surface area contributed by atoms with Crippen molar-refractivity contribution in [3.05, 3.63) is 30.6 Å². The molecule has 0 atom stereocenters. The van der Waals surface area contributed by atoms with Gasteiger partial charge in [0.25, 0.3) is 0 Å². The zero-order chi connectivity index (χ0) is 10.7. The number of rotatable bonds is 2. The molecule has 4 heteroatoms. The molecule has 0 unspecified atom stereocenters. The van der Waals surface area contributed by atoms with E-state index in [0.29, 0.717) is 5.69 Å². The lowest BCUT2D eigenvalue weighted by atomic mass is 10.2. The fraction of sp³-hybridized carbons (Fsp3) is 0.0909. The Balaban J connectivity index is 2.84. The van der Waals surface area contributed by atoms with Gasteiger partial charge < -0.3 is 0 Å². The zero-order valence-electron chi connectivity index (χ0n) is 8.38. The average Bonchev–Trinajstić information content (AvgIpc) is 2.30. The Labute approximate surface area is 87.4 Å². The van der Waals surface area contributed by atoms with E-state index in [2.05, 4.69) is 26.8 Å². The third-order valence-electron chi connectivity index (χ3n) is 1.97. The second-order valence-electron chi connectivity index (χ2n) is 2.90. The Morgan fingerprint density at radius 1 is 1.40 bits per heavy atom. The van der Waals surface area contributed by atoms with Crippen LogP contribution in [-0.4, -0.2) is 21.4 Å². The standard InChI is InChI=1S/C11H10N4/c1-3-8-10(12-4-2)11-9(15-14-8)6-5-7-13-11/h3-7H,1H2,2H3. The maximum atomic E-state index is 4.24. The van der Waals surface area contributed by atoms with Crippen molar-refractivity contribution >= 4 is 29.0 Å². The lowest BCUT2D eigenvalue weighted by Gasteiger charge is -2.01. The Morgan fingerprint density at radius 2 is 2.27 bits per heavy atom. The summed E-state index contributed by atoms with van der Waals surface area (Å²) in [4.78, 5) is 8.49. The topological polar surface area (TPSA) is 51.0 Å². The van der Waals surface area contributed by atoms with Gasteiger partial charge in [-0.3, -0.25) is 9.98 Å². The Bertz CT molecular complexity index is 531. The van der Waals surface area contributed by atoms with Crippen LogP contribution in [0.5, 0.6) is 0 Å². The Morgan fingerprint density at radius 3 is 3.00 bits per heavy atom. The fourth-order valence-corrected chi connectivity index (χ4v) is 1.33. The van der Waals surface area contributed by atoms with Crippen LogP contribution in [0.4, 0.5) is 5.69 Å². The molecule has 0 saturated heterocycles. The van der Waals surface area contributed by atoms with E-state index in [4.69, 9.17) is 0 Å². The van der Waals surface area contributed by atoms with Crippen molar-refractivity contribution in [2.75, 3.05) is 0 Å². The van der Waals surface area contributed by atoms with E-state index >= 15 is 0 Å². The Hall–Kier alpha value is -2.10. The molecule has 4 nitrogen and oxygen atoms in total. The molecule has 0 spiro atoms. The van der Waals surface area contributed by atoms with Gasteiger partial charge in [-0.15, -0.1) is 10.2 Å². The van der Waals surface area contributed by atoms with Gasteiger partial charge in [0.05, 0.1) is 0 Å². The highest BCUT2D eigenvalue weighted by molar-refractivity contribution is 5.90. The van der Waals surface area contributed by atoms with E-state index in [0.717, 1.165) is 16.7 Å². The largest absolute Gasteiger partial charge is 0.257 e. The molecule has 74 valence electrons. The summed E-state index contributed by atoms with van der Waals surface area (Å²) in [5, 5.41) is 8.06. The molecule has 0 fully saturated rings. The molecular formula is C11H10N4. The zero-order valence-corrected chi connectivity index (χ0v) is 8.38. The molecule has 0 aliphatic rings. The van der Waals surface area contributed by atoms with Gasteiger partial charge in [0.2, 0.25) is 0 Å². The predicted octanol–water partition coefficient (Wildman–Crippen LogP) is 2.39. The van der Waals surface area contributed by atoms with Crippen molar-refractivity contribution in [1.29, 1.82) is 0 Å². The lowest BCUT2D eigenvalue weighted by molar-refractivity contribution is 1.05. The van der Waals surface area contributed by atoms with Crippen molar-refractivity contribution in [2.45, 2.75) is 6.92 Å². The molecule has 0 bridgehead atoms. The molecule has 0 aliphatic carbocycles. The second kappa shape index (κ2) is 3.96. The highest BCUT2D eigenvalue weighted by Gasteiger charge is 2.07. The Kier molecular flexibility index (Phi) is 2.49. The number of aliphatic imine (C=N–C) groups is 1. The first-order valence-electron chi connectivity index (χ1n) is 4.59. The maximum Gasteiger partial charge on any atom is 0.118 e. The first kappa shape index (κ1) is 9.45. The summed E-state index contributed by atoms with van der Waals surface area (Å²) < 4.78 is 0. The summed E-state index contributed by atoms with van der Waals surface area (Å²) in [7, 11) is 0. The minimum Gasteiger partial charge on any atom is -0.257 e. The van der Waals surface area contributed by atoms with Crippen LogP contribution >= 0.6 is 0 Å². The van der Waals surface area contributed by atoms with E-state index in [1.165, 1.54) is 0 Å². The average molecular weight is 198 g/mol. The molecule has 0 saturated carbocycles. The van der Waals surface area contributed by atoms with E-state index in [1.54, 1.807) is 18.5 Å². The minimum atomic E-state index is 0.652. The van der Waals surface area contributed by atoms with Gasteiger partial charge in [0.1, 0.15) is 22.4 Å². The third kappa shape index (κ3) is 1.61. The van der Waals surface area contributed by atoms with Gasteiger partial charge in [0.15, 0.2) is 0 Å². The number of nitrogens with zero attached hydrogens (tertiary/aromatic N) is 4. The third-order valence-corrected chi connectivity index (χ3v) is 1.97. The van der Waals surface area contributed by atoms with Crippen LogP contribution in [0, 0.1) is 0 Å². The molecule has 2 aromatic heterocycles. The van der Waals surface area contributed by atoms with E-state index in [-0.39, 0.29) is 0 Å². The quantitative estimate of drug-likeness (QED) is 0.696. The van der Waals surface area contributed by atoms with E-state index < -0.39 is 0 Å². The number of hydrogen-bond acceptors (Lipinski definition) is 4. The highest BCUT2D eigenvalue weighted by atomic mass is 15.1. The smallest absolute Gasteiger partial charge is 0.118 e. The molecule has 2 heterocycles. The molecule has 0 radical (unpaired) electrons. The highest BCUT2D eigenvalue weighted by Crippen LogP contribution is 2.25. The van der Waals surface area contributed by atoms with Crippen LogP contribution in [0.15, 0.2) is 29.9 Å². The summed E-state index contributed by atoms with van der Waals surface area (Å²) in [6, 6.07) is 3.68. The summed E-state index contributed by atoms with van der Waals surface area (Å²) in [6.45, 7) is 5.53. The van der Waals surface area contributed by atoms with Gasteiger partial charge in [0, 0.05) is 12.4 Å². The number of hydrogen-bond donors (Lipinski definition) is 0. The number of pyridine rings is 1. The van der Waals surface area contributed by atoms with E-state index in [9.17, 15) is 0 Å². The van der Waals surface area contributed by atoms with Gasteiger partial charge in [-0.05, 0) is 25.1 Å². The molecule has 15 heavy (non-hydrogen) atoms. The van der Waals surface area contributed by atoms with Gasteiger partial charge >= 0.3 is 0 Å². The number of aromatic nitrogens is 3. The van der Waals surface area contributed by atoms with Crippen molar-refractivity contribution in [3.63, 3.8) is 0 Å². The van der Waals surface area contributed by atoms with Gasteiger partial charge in [-0.25, -0.2) is 0 Å². The molecule has 0 N–H and O–H groups in total. The first-order valence-corrected chi connectivity index (χ1v) is 4.59. The normalized spacial score (nSPS) is 11.0. The van der Waals surface area contributed by atoms with Gasteiger partial charge in [-0.1, -0.05) is 6.58 Å². The summed E-state index contributed by atoms with van der Waals surface area (Å²) in [6.07, 6.45) is 5.05. The SMILES string of the molecule is C=Cc1nnc2cccnc2c1N=CC. The van der Waals surface area contributed by atoms with Crippen molar-refractivity contribution in [2.24, 2.45) is 4.99 Å². The second-order valence-corrected chi connectivity index (χ2v) is 2.90. The van der Waals surface area contributed by atoms with Gasteiger partial charge in [-0.2, -0.15) is 0 Å². The summed E-state index contributed by atoms with van der Waals surface area (Å²) in [5.41, 5.74) is 2.86. The van der Waals surface area contributed by atoms with Crippen molar-refractivity contribution < 1.29 is 0 Å². The maximum absolute atomic E-state index is 4.24. The van der Waals surface area contributed by atoms with Crippen LogP contribution in [-0.2, 0) is 0 Å². The molecule has 0 aliphatic heterocycles. The predicted molar refractivity (Wildman–Crippen MR) is 61.3 cm³/mol. The lowest BCUT2D eigenvalue weighted by Crippen LogP contribution is -1.91. The molecular weight excluding hydrogens is 188 g/mol. The van der Waals surface area contributed by atoms with Crippen LogP contribution in [0.3, 0.4) is 0 Å². The van der Waals surface area contributed by atoms with Crippen LogP contribution < -0.4 is 0 Å². The molecule has 2 aromatic rings. The summed E-state index contributed by atoms with van der Waals surface area (Å²) in [5.74, 6) is 0. The number of fused-ring (bicyclic) bond motifs is 1. The van der Waals surface area contributed by atoms with Crippen LogP contribution in [0.1, 0.15) is 12.6 Å². The molecule has 0 aromatic carbocycles. The molecule has 2 rings (SSSR count). The van der Waals surface area contributed by atoms with Crippen LogP contribution in [0.25, 0.3) is 17.1 Å². The monoisotopic (exact) mass is 198 g/mol. The minimum absolute atomic E-state index is 0.652.